The maximum absolute atomic E-state index is 5.22. The van der Waals surface area contributed by atoms with Crippen molar-refractivity contribution in [1.29, 1.82) is 0 Å². The van der Waals surface area contributed by atoms with Gasteiger partial charge < -0.3 is 4.57 Å². The number of rotatable bonds is 4. The van der Waals surface area contributed by atoms with E-state index in [1.165, 1.54) is 58.8 Å². The zero-order chi connectivity index (χ0) is 34.2. The minimum absolute atomic E-state index is 0.652. The molecule has 0 N–H and O–H groups in total. The summed E-state index contributed by atoms with van der Waals surface area (Å²) in [5, 5.41) is 9.90. The summed E-state index contributed by atoms with van der Waals surface area (Å²) < 4.78 is 4.83. The van der Waals surface area contributed by atoms with Gasteiger partial charge in [0.15, 0.2) is 17.5 Å². The molecule has 0 unspecified atom stereocenters. The summed E-state index contributed by atoms with van der Waals surface area (Å²) in [6.45, 7) is 0. The Kier molecular flexibility index (Phi) is 6.39. The molecule has 0 amide bonds. The first kappa shape index (κ1) is 29.1. The monoisotopic (exact) mass is 680 g/mol. The maximum atomic E-state index is 5.22. The van der Waals surface area contributed by atoms with E-state index in [0.29, 0.717) is 17.5 Å². The van der Waals surface area contributed by atoms with Crippen LogP contribution in [0.2, 0.25) is 0 Å². The predicted octanol–water partition coefficient (Wildman–Crippen LogP) is 12.6. The van der Waals surface area contributed by atoms with Gasteiger partial charge >= 0.3 is 0 Å². The summed E-state index contributed by atoms with van der Waals surface area (Å²) in [4.78, 5) is 15.5. The SMILES string of the molecule is c1ccc(-c2nc(-c3ccccc3)nc(-c3cc(-n4c5ccc6ccccc6c5c5c6ccccc6ccc54)cc4c3sc3ccccc34)n2)cc1. The van der Waals surface area contributed by atoms with Crippen molar-refractivity contribution in [3.05, 3.63) is 170 Å². The lowest BCUT2D eigenvalue weighted by molar-refractivity contribution is 1.07. The average Bonchev–Trinajstić information content (AvgIpc) is 3.77. The number of benzene rings is 8. The molecule has 0 bridgehead atoms. The molecule has 11 rings (SSSR count). The number of hydrogen-bond donors (Lipinski definition) is 0. The normalized spacial score (nSPS) is 11.8. The second-order valence-electron chi connectivity index (χ2n) is 13.2. The van der Waals surface area contributed by atoms with Crippen LogP contribution in [0.4, 0.5) is 0 Å². The molecule has 4 nitrogen and oxygen atoms in total. The molecule has 0 saturated carbocycles. The average molecular weight is 681 g/mol. The zero-order valence-electron chi connectivity index (χ0n) is 27.9. The Bertz CT molecular complexity index is 3030. The van der Waals surface area contributed by atoms with Crippen molar-refractivity contribution in [2.75, 3.05) is 0 Å². The van der Waals surface area contributed by atoms with E-state index in [9.17, 15) is 0 Å². The molecule has 0 saturated heterocycles. The molecule has 11 aromatic rings. The van der Waals surface area contributed by atoms with Crippen molar-refractivity contribution in [3.8, 4) is 39.9 Å². The van der Waals surface area contributed by atoms with E-state index in [1.807, 2.05) is 36.4 Å². The highest BCUT2D eigenvalue weighted by atomic mass is 32.1. The summed E-state index contributed by atoms with van der Waals surface area (Å²) in [6.07, 6.45) is 0. The molecule has 3 heterocycles. The van der Waals surface area contributed by atoms with Gasteiger partial charge in [-0.2, -0.15) is 0 Å². The van der Waals surface area contributed by atoms with E-state index in [1.54, 1.807) is 11.3 Å². The van der Waals surface area contributed by atoms with Crippen LogP contribution >= 0.6 is 11.3 Å². The van der Waals surface area contributed by atoms with E-state index in [4.69, 9.17) is 15.0 Å². The molecular formula is C47H28N4S. The first-order valence-corrected chi connectivity index (χ1v) is 18.3. The van der Waals surface area contributed by atoms with Crippen LogP contribution in [0, 0.1) is 0 Å². The van der Waals surface area contributed by atoms with Crippen molar-refractivity contribution < 1.29 is 0 Å². The van der Waals surface area contributed by atoms with Gasteiger partial charge in [-0.15, -0.1) is 11.3 Å². The predicted molar refractivity (Wildman–Crippen MR) is 218 cm³/mol. The fraction of sp³-hybridized carbons (Fsp3) is 0. The molecule has 0 fully saturated rings. The number of aromatic nitrogens is 4. The van der Waals surface area contributed by atoms with E-state index in [0.717, 1.165) is 27.1 Å². The topological polar surface area (TPSA) is 43.6 Å². The van der Waals surface area contributed by atoms with Crippen LogP contribution in [0.3, 0.4) is 0 Å². The fourth-order valence-corrected chi connectivity index (χ4v) is 9.06. The summed E-state index contributed by atoms with van der Waals surface area (Å²) in [5.74, 6) is 1.96. The van der Waals surface area contributed by atoms with Gasteiger partial charge in [0, 0.05) is 53.3 Å². The summed E-state index contributed by atoms with van der Waals surface area (Å²) in [6, 6.07) is 60.3. The molecule has 0 atom stereocenters. The third kappa shape index (κ3) is 4.43. The van der Waals surface area contributed by atoms with E-state index >= 15 is 0 Å². The van der Waals surface area contributed by atoms with Crippen molar-refractivity contribution in [2.45, 2.75) is 0 Å². The van der Waals surface area contributed by atoms with Gasteiger partial charge in [0.2, 0.25) is 0 Å². The van der Waals surface area contributed by atoms with Gasteiger partial charge in [-0.1, -0.05) is 140 Å². The van der Waals surface area contributed by atoms with Crippen LogP contribution in [-0.2, 0) is 0 Å². The summed E-state index contributed by atoms with van der Waals surface area (Å²) in [7, 11) is 0. The number of fused-ring (bicyclic) bond motifs is 10. The van der Waals surface area contributed by atoms with Crippen LogP contribution in [0.25, 0.3) is 103 Å². The third-order valence-electron chi connectivity index (χ3n) is 10.2. The smallest absolute Gasteiger partial charge is 0.165 e. The minimum atomic E-state index is 0.652. The Morgan fingerprint density at radius 2 is 0.904 bits per heavy atom. The molecule has 3 aromatic heterocycles. The molecule has 5 heteroatoms. The van der Waals surface area contributed by atoms with Crippen molar-refractivity contribution in [1.82, 2.24) is 19.5 Å². The van der Waals surface area contributed by atoms with E-state index in [-0.39, 0.29) is 0 Å². The van der Waals surface area contributed by atoms with E-state index < -0.39 is 0 Å². The highest BCUT2D eigenvalue weighted by Gasteiger charge is 2.22. The van der Waals surface area contributed by atoms with Crippen LogP contribution in [-0.4, -0.2) is 19.5 Å². The molecular weight excluding hydrogens is 653 g/mol. The molecule has 0 radical (unpaired) electrons. The lowest BCUT2D eigenvalue weighted by Crippen LogP contribution is -2.01. The van der Waals surface area contributed by atoms with Crippen molar-refractivity contribution in [2.24, 2.45) is 0 Å². The van der Waals surface area contributed by atoms with Gasteiger partial charge in [-0.25, -0.2) is 15.0 Å². The molecule has 52 heavy (non-hydrogen) atoms. The largest absolute Gasteiger partial charge is 0.309 e. The third-order valence-corrected chi connectivity index (χ3v) is 11.4. The molecule has 0 aliphatic carbocycles. The summed E-state index contributed by atoms with van der Waals surface area (Å²) in [5.41, 5.74) is 6.30. The number of hydrogen-bond acceptors (Lipinski definition) is 4. The Morgan fingerprint density at radius 3 is 1.50 bits per heavy atom. The second-order valence-corrected chi connectivity index (χ2v) is 14.3. The lowest BCUT2D eigenvalue weighted by Gasteiger charge is -2.13. The van der Waals surface area contributed by atoms with Gasteiger partial charge in [0.25, 0.3) is 0 Å². The minimum Gasteiger partial charge on any atom is -0.309 e. The molecule has 242 valence electrons. The fourth-order valence-electron chi connectivity index (χ4n) is 7.86. The maximum Gasteiger partial charge on any atom is 0.165 e. The zero-order valence-corrected chi connectivity index (χ0v) is 28.7. The second kappa shape index (κ2) is 11.4. The van der Waals surface area contributed by atoms with Crippen molar-refractivity contribution in [3.63, 3.8) is 0 Å². The number of nitrogens with zero attached hydrogens (tertiary/aromatic N) is 4. The first-order valence-electron chi connectivity index (χ1n) is 17.5. The molecule has 0 aliphatic heterocycles. The highest BCUT2D eigenvalue weighted by molar-refractivity contribution is 7.26. The van der Waals surface area contributed by atoms with Crippen LogP contribution < -0.4 is 0 Å². The van der Waals surface area contributed by atoms with Crippen LogP contribution in [0.1, 0.15) is 0 Å². The lowest BCUT2D eigenvalue weighted by atomic mass is 10.00. The van der Waals surface area contributed by atoms with Gasteiger partial charge in [0.05, 0.1) is 11.0 Å². The molecule has 0 spiro atoms. The Balaban J connectivity index is 1.28. The Hall–Kier alpha value is -6.69. The van der Waals surface area contributed by atoms with E-state index in [2.05, 4.69) is 138 Å². The Morgan fingerprint density at radius 1 is 0.404 bits per heavy atom. The molecule has 8 aromatic carbocycles. The van der Waals surface area contributed by atoms with Crippen LogP contribution in [0.5, 0.6) is 0 Å². The highest BCUT2D eigenvalue weighted by Crippen LogP contribution is 2.45. The van der Waals surface area contributed by atoms with Crippen LogP contribution in [0.15, 0.2) is 170 Å². The van der Waals surface area contributed by atoms with Gasteiger partial charge in [0.1, 0.15) is 0 Å². The standard InChI is InChI=1S/C47H28N4S/c1-3-15-31(16-4-1)45-48-46(32-17-5-2-6-18-32)50-47(49-45)38-28-33(27-37-36-21-11-12-22-41(36)52-44(37)38)51-39-25-23-29-13-7-9-19-34(29)42(39)43-35-20-10-8-14-30(35)24-26-40(43)51/h1-28H. The summed E-state index contributed by atoms with van der Waals surface area (Å²) >= 11 is 1.79. The van der Waals surface area contributed by atoms with Crippen molar-refractivity contribution >= 4 is 74.9 Å². The first-order chi connectivity index (χ1) is 25.8. The quantitative estimate of drug-likeness (QED) is 0.186. The van der Waals surface area contributed by atoms with Gasteiger partial charge in [-0.3, -0.25) is 0 Å². The molecule has 0 aliphatic rings. The Labute approximate surface area is 302 Å². The number of thiophene rings is 1. The van der Waals surface area contributed by atoms with Gasteiger partial charge in [-0.05, 0) is 51.9 Å².